The van der Waals surface area contributed by atoms with Gasteiger partial charge in [0.2, 0.25) is 0 Å². The zero-order valence-corrected chi connectivity index (χ0v) is 11.5. The molecule has 1 heterocycles. The van der Waals surface area contributed by atoms with Crippen LogP contribution in [0.4, 0.5) is 4.79 Å². The Labute approximate surface area is 111 Å². The highest BCUT2D eigenvalue weighted by Crippen LogP contribution is 2.21. The molecule has 1 aromatic heterocycles. The molecule has 0 aliphatic carbocycles. The summed E-state index contributed by atoms with van der Waals surface area (Å²) < 4.78 is 6.50. The van der Waals surface area contributed by atoms with E-state index >= 15 is 0 Å². The van der Waals surface area contributed by atoms with Gasteiger partial charge in [-0.15, -0.1) is 0 Å². The molecule has 0 amide bonds. The number of rotatable bonds is 1. The van der Waals surface area contributed by atoms with Gasteiger partial charge in [0, 0.05) is 5.39 Å². The first-order valence-electron chi connectivity index (χ1n) is 6.17. The van der Waals surface area contributed by atoms with Gasteiger partial charge in [0.15, 0.2) is 0 Å². The summed E-state index contributed by atoms with van der Waals surface area (Å²) in [6.07, 6.45) is 0.488. The third-order valence-electron chi connectivity index (χ3n) is 2.64. The van der Waals surface area contributed by atoms with E-state index in [1.54, 1.807) is 40.0 Å². The van der Waals surface area contributed by atoms with Gasteiger partial charge in [0.05, 0.1) is 17.8 Å². The minimum atomic E-state index is -0.591. The quantitative estimate of drug-likeness (QED) is 0.858. The number of fused-ring (bicyclic) bond motifs is 1. The van der Waals surface area contributed by atoms with Gasteiger partial charge in [0.25, 0.3) is 0 Å². The Morgan fingerprint density at radius 1 is 1.42 bits per heavy atom. The second-order valence-electron chi connectivity index (χ2n) is 5.53. The smallest absolute Gasteiger partial charge is 0.435 e. The minimum absolute atomic E-state index is 0.523. The Hall–Kier alpha value is -1.88. The molecule has 0 aliphatic heterocycles. The average molecular weight is 262 g/mol. The number of benzene rings is 1. The highest BCUT2D eigenvalue weighted by Gasteiger charge is 2.20. The van der Waals surface area contributed by atoms with Crippen molar-refractivity contribution in [3.63, 3.8) is 0 Å². The Morgan fingerprint density at radius 3 is 2.68 bits per heavy atom. The average Bonchev–Trinajstić information content (AvgIpc) is 2.68. The highest BCUT2D eigenvalue weighted by atomic mass is 16.6. The van der Waals surface area contributed by atoms with E-state index in [-0.39, 0.29) is 0 Å². The van der Waals surface area contributed by atoms with Crippen LogP contribution in [-0.4, -0.2) is 26.6 Å². The maximum atomic E-state index is 12.0. The molecule has 0 bridgehead atoms. The van der Waals surface area contributed by atoms with Crippen molar-refractivity contribution in [1.29, 1.82) is 0 Å². The van der Waals surface area contributed by atoms with Gasteiger partial charge in [-0.1, -0.05) is 12.1 Å². The number of carbonyl (C=O) groups is 1. The molecule has 5 heteroatoms. The summed E-state index contributed by atoms with van der Waals surface area (Å²) in [6, 6.07) is 5.39. The second kappa shape index (κ2) is 4.66. The van der Waals surface area contributed by atoms with Crippen LogP contribution in [0.2, 0.25) is 0 Å². The van der Waals surface area contributed by atoms with Crippen molar-refractivity contribution in [2.45, 2.75) is 39.4 Å². The number of aliphatic hydroxyl groups is 1. The van der Waals surface area contributed by atoms with E-state index in [9.17, 15) is 9.90 Å². The molecule has 0 fully saturated rings. The number of ether oxygens (including phenoxy) is 1. The third kappa shape index (κ3) is 2.93. The van der Waals surface area contributed by atoms with E-state index in [0.29, 0.717) is 5.52 Å². The zero-order chi connectivity index (χ0) is 14.2. The molecule has 0 spiro atoms. The Bertz CT molecular complexity index is 609. The van der Waals surface area contributed by atoms with E-state index in [1.165, 1.54) is 4.68 Å². The van der Waals surface area contributed by atoms with Crippen molar-refractivity contribution in [3.05, 3.63) is 30.0 Å². The van der Waals surface area contributed by atoms with E-state index in [4.69, 9.17) is 4.74 Å². The molecular weight excluding hydrogens is 244 g/mol. The van der Waals surface area contributed by atoms with Crippen molar-refractivity contribution >= 4 is 17.0 Å². The van der Waals surface area contributed by atoms with Crippen molar-refractivity contribution in [3.8, 4) is 0 Å². The van der Waals surface area contributed by atoms with Crippen LogP contribution in [0.3, 0.4) is 0 Å². The topological polar surface area (TPSA) is 64.4 Å². The Kier molecular flexibility index (Phi) is 3.32. The molecule has 19 heavy (non-hydrogen) atoms. The third-order valence-corrected chi connectivity index (χ3v) is 2.64. The number of aliphatic hydroxyl groups excluding tert-OH is 1. The van der Waals surface area contributed by atoms with Gasteiger partial charge >= 0.3 is 6.09 Å². The molecule has 1 N–H and O–H groups in total. The van der Waals surface area contributed by atoms with Crippen LogP contribution < -0.4 is 0 Å². The Morgan fingerprint density at radius 2 is 2.11 bits per heavy atom. The van der Waals surface area contributed by atoms with Crippen LogP contribution >= 0.6 is 0 Å². The SMILES string of the molecule is CC(O)c1ccc2cnn(C(=O)OC(C)(C)C)c2c1. The summed E-state index contributed by atoms with van der Waals surface area (Å²) in [5.74, 6) is 0. The van der Waals surface area contributed by atoms with E-state index < -0.39 is 17.8 Å². The lowest BCUT2D eigenvalue weighted by atomic mass is 10.1. The second-order valence-corrected chi connectivity index (χ2v) is 5.53. The van der Waals surface area contributed by atoms with E-state index in [0.717, 1.165) is 10.9 Å². The normalized spacial score (nSPS) is 13.5. The fraction of sp³-hybridized carbons (Fsp3) is 0.429. The minimum Gasteiger partial charge on any atom is -0.442 e. The molecule has 2 aromatic rings. The lowest BCUT2D eigenvalue weighted by Crippen LogP contribution is -2.27. The van der Waals surface area contributed by atoms with Gasteiger partial charge in [-0.05, 0) is 39.3 Å². The standard InChI is InChI=1S/C14H18N2O3/c1-9(17)10-5-6-11-8-15-16(12(11)7-10)13(18)19-14(2,3)4/h5-9,17H,1-4H3. The summed E-state index contributed by atoms with van der Waals surface area (Å²) in [5, 5.41) is 14.5. The van der Waals surface area contributed by atoms with Crippen LogP contribution in [0.5, 0.6) is 0 Å². The first-order valence-corrected chi connectivity index (χ1v) is 6.17. The summed E-state index contributed by atoms with van der Waals surface area (Å²) >= 11 is 0. The summed E-state index contributed by atoms with van der Waals surface area (Å²) in [6.45, 7) is 7.09. The van der Waals surface area contributed by atoms with Gasteiger partial charge in [-0.25, -0.2) is 4.79 Å². The van der Waals surface area contributed by atoms with Crippen molar-refractivity contribution in [2.24, 2.45) is 0 Å². The fourth-order valence-electron chi connectivity index (χ4n) is 1.75. The maximum Gasteiger partial charge on any atom is 0.435 e. The number of carbonyl (C=O) groups excluding carboxylic acids is 1. The Balaban J connectivity index is 2.43. The molecule has 1 atom stereocenters. The fourth-order valence-corrected chi connectivity index (χ4v) is 1.75. The highest BCUT2D eigenvalue weighted by molar-refractivity contribution is 5.88. The molecule has 0 aliphatic rings. The zero-order valence-electron chi connectivity index (χ0n) is 11.5. The predicted octanol–water partition coefficient (Wildman–Crippen LogP) is 2.87. The van der Waals surface area contributed by atoms with Crippen molar-refractivity contribution in [2.75, 3.05) is 0 Å². The molecule has 2 rings (SSSR count). The molecule has 1 unspecified atom stereocenters. The van der Waals surface area contributed by atoms with Crippen LogP contribution in [0.1, 0.15) is 39.4 Å². The molecule has 0 saturated carbocycles. The van der Waals surface area contributed by atoms with Crippen LogP contribution in [-0.2, 0) is 4.74 Å². The molecule has 1 aromatic carbocycles. The number of hydrogen-bond donors (Lipinski definition) is 1. The van der Waals surface area contributed by atoms with Crippen LogP contribution in [0.15, 0.2) is 24.4 Å². The lowest BCUT2D eigenvalue weighted by molar-refractivity contribution is 0.0522. The van der Waals surface area contributed by atoms with Crippen molar-refractivity contribution in [1.82, 2.24) is 9.78 Å². The molecule has 102 valence electrons. The largest absolute Gasteiger partial charge is 0.442 e. The monoisotopic (exact) mass is 262 g/mol. The summed E-state index contributed by atoms with van der Waals surface area (Å²) in [7, 11) is 0. The molecule has 0 saturated heterocycles. The first-order chi connectivity index (χ1) is 8.78. The summed E-state index contributed by atoms with van der Waals surface area (Å²) in [4.78, 5) is 12.0. The maximum absolute atomic E-state index is 12.0. The van der Waals surface area contributed by atoms with Crippen LogP contribution in [0.25, 0.3) is 10.9 Å². The number of nitrogens with zero attached hydrogens (tertiary/aromatic N) is 2. The molecular formula is C14H18N2O3. The molecule has 5 nitrogen and oxygen atoms in total. The van der Waals surface area contributed by atoms with Gasteiger partial charge in [0.1, 0.15) is 5.60 Å². The van der Waals surface area contributed by atoms with Gasteiger partial charge in [-0.2, -0.15) is 9.78 Å². The van der Waals surface area contributed by atoms with Crippen molar-refractivity contribution < 1.29 is 14.6 Å². The van der Waals surface area contributed by atoms with E-state index in [1.807, 2.05) is 12.1 Å². The number of hydrogen-bond acceptors (Lipinski definition) is 4. The van der Waals surface area contributed by atoms with E-state index in [2.05, 4.69) is 5.10 Å². The van der Waals surface area contributed by atoms with Gasteiger partial charge in [-0.3, -0.25) is 0 Å². The lowest BCUT2D eigenvalue weighted by Gasteiger charge is -2.19. The summed E-state index contributed by atoms with van der Waals surface area (Å²) in [5.41, 5.74) is 0.794. The van der Waals surface area contributed by atoms with Gasteiger partial charge < -0.3 is 9.84 Å². The number of aromatic nitrogens is 2. The molecule has 0 radical (unpaired) electrons. The predicted molar refractivity (Wildman–Crippen MR) is 72.0 cm³/mol. The van der Waals surface area contributed by atoms with Crippen LogP contribution in [0, 0.1) is 0 Å². The first kappa shape index (κ1) is 13.5.